The Bertz CT molecular complexity index is 942. The van der Waals surface area contributed by atoms with E-state index in [1.54, 1.807) is 12.1 Å². The maximum atomic E-state index is 11.9. The Kier molecular flexibility index (Phi) is 5.43. The standard InChI is InChI=1S/C22H25NO3/c1-4-15-5-7-16(8-6-15)22(14(2)3)23-13-17-11-21(25)26-20-12-18(24)9-10-19(17)20/h5-12,14,22-24H,4,13H2,1-3H3/t22-/m0/s1. The first kappa shape index (κ1) is 18.2. The summed E-state index contributed by atoms with van der Waals surface area (Å²) in [6.45, 7) is 7.06. The van der Waals surface area contributed by atoms with Crippen LogP contribution < -0.4 is 10.9 Å². The van der Waals surface area contributed by atoms with Gasteiger partial charge in [0, 0.05) is 30.1 Å². The van der Waals surface area contributed by atoms with Crippen LogP contribution >= 0.6 is 0 Å². The van der Waals surface area contributed by atoms with Gasteiger partial charge < -0.3 is 14.8 Å². The van der Waals surface area contributed by atoms with Gasteiger partial charge in [0.2, 0.25) is 0 Å². The molecule has 0 fully saturated rings. The van der Waals surface area contributed by atoms with Gasteiger partial charge in [-0.1, -0.05) is 45.0 Å². The summed E-state index contributed by atoms with van der Waals surface area (Å²) in [7, 11) is 0. The van der Waals surface area contributed by atoms with Crippen molar-refractivity contribution in [3.05, 3.63) is 75.6 Å². The summed E-state index contributed by atoms with van der Waals surface area (Å²) >= 11 is 0. The van der Waals surface area contributed by atoms with Crippen LogP contribution in [0.3, 0.4) is 0 Å². The summed E-state index contributed by atoms with van der Waals surface area (Å²) in [5, 5.41) is 14.0. The second kappa shape index (κ2) is 7.75. The lowest BCUT2D eigenvalue weighted by Crippen LogP contribution is -2.26. The summed E-state index contributed by atoms with van der Waals surface area (Å²) in [6.07, 6.45) is 1.03. The fourth-order valence-corrected chi connectivity index (χ4v) is 3.28. The Morgan fingerprint density at radius 2 is 1.81 bits per heavy atom. The second-order valence-corrected chi connectivity index (χ2v) is 6.97. The minimum Gasteiger partial charge on any atom is -0.508 e. The molecule has 0 bridgehead atoms. The third-order valence-corrected chi connectivity index (χ3v) is 4.74. The van der Waals surface area contributed by atoms with Gasteiger partial charge in [0.1, 0.15) is 11.3 Å². The number of aryl methyl sites for hydroxylation is 1. The molecular formula is C22H25NO3. The molecule has 0 unspecified atom stereocenters. The first-order valence-corrected chi connectivity index (χ1v) is 9.06. The van der Waals surface area contributed by atoms with Crippen LogP contribution in [-0.2, 0) is 13.0 Å². The first-order chi connectivity index (χ1) is 12.5. The fourth-order valence-electron chi connectivity index (χ4n) is 3.28. The molecule has 4 heteroatoms. The van der Waals surface area contributed by atoms with E-state index in [2.05, 4.69) is 50.4 Å². The van der Waals surface area contributed by atoms with Gasteiger partial charge in [-0.2, -0.15) is 0 Å². The highest BCUT2D eigenvalue weighted by atomic mass is 16.4. The molecule has 4 nitrogen and oxygen atoms in total. The third-order valence-electron chi connectivity index (χ3n) is 4.74. The van der Waals surface area contributed by atoms with E-state index < -0.39 is 5.63 Å². The second-order valence-electron chi connectivity index (χ2n) is 6.97. The van der Waals surface area contributed by atoms with Crippen molar-refractivity contribution in [3.63, 3.8) is 0 Å². The van der Waals surface area contributed by atoms with E-state index in [1.165, 1.54) is 23.3 Å². The van der Waals surface area contributed by atoms with E-state index in [-0.39, 0.29) is 11.8 Å². The average Bonchev–Trinajstić information content (AvgIpc) is 2.61. The van der Waals surface area contributed by atoms with Crippen LogP contribution in [0.4, 0.5) is 0 Å². The quantitative estimate of drug-likeness (QED) is 0.640. The number of benzene rings is 2. The van der Waals surface area contributed by atoms with E-state index in [9.17, 15) is 9.90 Å². The summed E-state index contributed by atoms with van der Waals surface area (Å²) in [5.41, 5.74) is 3.42. The lowest BCUT2D eigenvalue weighted by molar-refractivity contribution is 0.410. The summed E-state index contributed by atoms with van der Waals surface area (Å²) < 4.78 is 5.20. The van der Waals surface area contributed by atoms with Crippen LogP contribution in [0, 0.1) is 5.92 Å². The van der Waals surface area contributed by atoms with Gasteiger partial charge in [-0.25, -0.2) is 4.79 Å². The molecule has 2 N–H and O–H groups in total. The molecule has 1 heterocycles. The molecule has 136 valence electrons. The van der Waals surface area contributed by atoms with Crippen molar-refractivity contribution in [2.75, 3.05) is 0 Å². The number of rotatable bonds is 6. The van der Waals surface area contributed by atoms with Gasteiger partial charge in [0.25, 0.3) is 0 Å². The van der Waals surface area contributed by atoms with E-state index in [0.717, 1.165) is 17.4 Å². The summed E-state index contributed by atoms with van der Waals surface area (Å²) in [4.78, 5) is 11.9. The number of nitrogens with one attached hydrogen (secondary N) is 1. The molecule has 0 amide bonds. The Balaban J connectivity index is 1.87. The maximum Gasteiger partial charge on any atom is 0.336 e. The molecule has 0 spiro atoms. The zero-order chi connectivity index (χ0) is 18.7. The molecule has 1 aromatic heterocycles. The van der Waals surface area contributed by atoms with Crippen molar-refractivity contribution in [1.82, 2.24) is 5.32 Å². The Morgan fingerprint density at radius 1 is 1.08 bits per heavy atom. The number of hydrogen-bond acceptors (Lipinski definition) is 4. The van der Waals surface area contributed by atoms with E-state index in [1.807, 2.05) is 0 Å². The zero-order valence-electron chi connectivity index (χ0n) is 15.5. The van der Waals surface area contributed by atoms with Crippen molar-refractivity contribution in [3.8, 4) is 5.75 Å². The van der Waals surface area contributed by atoms with Crippen LogP contribution in [0.15, 0.2) is 57.7 Å². The highest BCUT2D eigenvalue weighted by Crippen LogP contribution is 2.25. The molecule has 0 aliphatic carbocycles. The van der Waals surface area contributed by atoms with Crippen molar-refractivity contribution in [2.45, 2.75) is 39.8 Å². The highest BCUT2D eigenvalue weighted by molar-refractivity contribution is 5.81. The molecular weight excluding hydrogens is 326 g/mol. The number of fused-ring (bicyclic) bond motifs is 1. The third kappa shape index (κ3) is 3.97. The van der Waals surface area contributed by atoms with E-state index >= 15 is 0 Å². The van der Waals surface area contributed by atoms with Crippen LogP contribution in [0.2, 0.25) is 0 Å². The van der Waals surface area contributed by atoms with Crippen LogP contribution in [0.25, 0.3) is 11.0 Å². The van der Waals surface area contributed by atoms with Gasteiger partial charge in [0.05, 0.1) is 0 Å². The SMILES string of the molecule is CCc1ccc([C@@H](NCc2cc(=O)oc3cc(O)ccc23)C(C)C)cc1. The Morgan fingerprint density at radius 3 is 2.46 bits per heavy atom. The lowest BCUT2D eigenvalue weighted by atomic mass is 9.94. The molecule has 0 aliphatic rings. The monoisotopic (exact) mass is 351 g/mol. The molecule has 0 aliphatic heterocycles. The minimum absolute atomic E-state index is 0.0850. The molecule has 3 rings (SSSR count). The van der Waals surface area contributed by atoms with E-state index in [4.69, 9.17) is 4.42 Å². The average molecular weight is 351 g/mol. The lowest BCUT2D eigenvalue weighted by Gasteiger charge is -2.23. The molecule has 0 saturated carbocycles. The number of phenols is 1. The van der Waals surface area contributed by atoms with Crippen molar-refractivity contribution < 1.29 is 9.52 Å². The van der Waals surface area contributed by atoms with Gasteiger partial charge in [-0.05, 0) is 41.2 Å². The highest BCUT2D eigenvalue weighted by Gasteiger charge is 2.16. The predicted molar refractivity (Wildman–Crippen MR) is 104 cm³/mol. The molecule has 1 atom stereocenters. The normalized spacial score (nSPS) is 12.6. The smallest absolute Gasteiger partial charge is 0.336 e. The van der Waals surface area contributed by atoms with Gasteiger partial charge in [0.15, 0.2) is 0 Å². The van der Waals surface area contributed by atoms with Crippen molar-refractivity contribution in [1.29, 1.82) is 0 Å². The first-order valence-electron chi connectivity index (χ1n) is 9.06. The van der Waals surface area contributed by atoms with Gasteiger partial charge >= 0.3 is 5.63 Å². The van der Waals surface area contributed by atoms with Gasteiger partial charge in [-0.3, -0.25) is 0 Å². The van der Waals surface area contributed by atoms with Crippen LogP contribution in [0.5, 0.6) is 5.75 Å². The van der Waals surface area contributed by atoms with Crippen LogP contribution in [-0.4, -0.2) is 5.11 Å². The molecule has 3 aromatic rings. The maximum absolute atomic E-state index is 11.9. The van der Waals surface area contributed by atoms with Crippen molar-refractivity contribution in [2.24, 2.45) is 5.92 Å². The van der Waals surface area contributed by atoms with Gasteiger partial charge in [-0.15, -0.1) is 0 Å². The summed E-state index contributed by atoms with van der Waals surface area (Å²) in [6, 6.07) is 15.2. The number of phenolic OH excluding ortho intramolecular Hbond substituents is 1. The number of hydrogen-bond donors (Lipinski definition) is 2. The molecule has 0 saturated heterocycles. The topological polar surface area (TPSA) is 62.5 Å². The largest absolute Gasteiger partial charge is 0.508 e. The predicted octanol–water partition coefficient (Wildman–Crippen LogP) is 4.55. The van der Waals surface area contributed by atoms with Crippen molar-refractivity contribution >= 4 is 11.0 Å². The minimum atomic E-state index is -0.409. The molecule has 2 aromatic carbocycles. The molecule has 0 radical (unpaired) electrons. The fraction of sp³-hybridized carbons (Fsp3) is 0.318. The number of aromatic hydroxyl groups is 1. The van der Waals surface area contributed by atoms with Crippen LogP contribution in [0.1, 0.15) is 43.5 Å². The zero-order valence-corrected chi connectivity index (χ0v) is 15.5. The summed E-state index contributed by atoms with van der Waals surface area (Å²) in [5.74, 6) is 0.486. The Hall–Kier alpha value is -2.59. The Labute approximate surface area is 153 Å². The molecule has 26 heavy (non-hydrogen) atoms. The van der Waals surface area contributed by atoms with E-state index in [0.29, 0.717) is 18.0 Å².